The summed E-state index contributed by atoms with van der Waals surface area (Å²) in [5, 5.41) is 0. The molecule has 1 aliphatic heterocycles. The van der Waals surface area contributed by atoms with Gasteiger partial charge in [-0.05, 0) is 86.6 Å². The molecule has 1 saturated carbocycles. The van der Waals surface area contributed by atoms with E-state index in [9.17, 15) is 13.2 Å². The first-order valence-electron chi connectivity index (χ1n) is 15.5. The lowest BCUT2D eigenvalue weighted by Gasteiger charge is -2.31. The third kappa shape index (κ3) is 8.71. The zero-order chi connectivity index (χ0) is 32.7. The highest BCUT2D eigenvalue weighted by molar-refractivity contribution is 7.90. The summed E-state index contributed by atoms with van der Waals surface area (Å²) in [6.45, 7) is 5.71. The highest BCUT2D eigenvalue weighted by atomic mass is 32.2. The van der Waals surface area contributed by atoms with Crippen LogP contribution in [0.1, 0.15) is 61.2 Å². The van der Waals surface area contributed by atoms with Gasteiger partial charge in [0.05, 0.1) is 35.6 Å². The summed E-state index contributed by atoms with van der Waals surface area (Å²) >= 11 is 0. The zero-order valence-corrected chi connectivity index (χ0v) is 26.7. The van der Waals surface area contributed by atoms with Gasteiger partial charge in [0.25, 0.3) is 15.9 Å². The summed E-state index contributed by atoms with van der Waals surface area (Å²) in [6, 6.07) is 11.1. The number of carbonyl (C=O) groups is 1. The number of halogens is 2. The maximum Gasteiger partial charge on any atom is 0.268 e. The molecule has 1 amide bonds. The first-order chi connectivity index (χ1) is 22.2. The van der Waals surface area contributed by atoms with Crippen molar-refractivity contribution >= 4 is 15.9 Å². The van der Waals surface area contributed by atoms with Crippen molar-refractivity contribution in [2.45, 2.75) is 56.1 Å². The first-order valence-corrected chi connectivity index (χ1v) is 16.9. The highest BCUT2D eigenvalue weighted by Crippen LogP contribution is 2.31. The Hall–Kier alpha value is -3.81. The molecule has 2 aliphatic rings. The number of benzene rings is 2. The molecule has 5 rings (SSSR count). The second-order valence-corrected chi connectivity index (χ2v) is 13.2. The molecule has 2 fully saturated rings. The number of aromatic nitrogens is 1. The summed E-state index contributed by atoms with van der Waals surface area (Å²) < 4.78 is 80.2. The molecule has 0 unspecified atom stereocenters. The van der Waals surface area contributed by atoms with E-state index >= 15 is 8.78 Å². The van der Waals surface area contributed by atoms with E-state index in [1.54, 1.807) is 32.4 Å². The standard InChI is InChI=1S/C33H39F2N3O7S/c1-3-29(28-12-8-25(20-36-28)43-21-22-4-5-22)45-30-13-11-27(31(34)32(30)35)33(39)37-46(40,41)26-9-6-23(7-10-26)44-24-14-16-38(17-15-24)18-19-42-2/h6-13,20,22,24,29H,3-5,14-19,21H2,1-2H3,(H,37,39)/t29-/m1/s1. The van der Waals surface area contributed by atoms with Gasteiger partial charge in [-0.1, -0.05) is 6.92 Å². The smallest absolute Gasteiger partial charge is 0.268 e. The summed E-state index contributed by atoms with van der Waals surface area (Å²) in [5.41, 5.74) is -0.290. The number of methoxy groups -OCH3 is 1. The second-order valence-electron chi connectivity index (χ2n) is 11.5. The van der Waals surface area contributed by atoms with Gasteiger partial charge in [-0.3, -0.25) is 9.78 Å². The van der Waals surface area contributed by atoms with Crippen molar-refractivity contribution in [3.63, 3.8) is 0 Å². The molecule has 2 aromatic carbocycles. The van der Waals surface area contributed by atoms with E-state index in [1.165, 1.54) is 24.3 Å². The van der Waals surface area contributed by atoms with E-state index in [0.717, 1.165) is 57.5 Å². The quantitative estimate of drug-likeness (QED) is 0.233. The lowest BCUT2D eigenvalue weighted by molar-refractivity contribution is 0.0797. The number of rotatable bonds is 15. The number of piperidine rings is 1. The number of nitrogens with one attached hydrogen (secondary N) is 1. The topological polar surface area (TPSA) is 116 Å². The lowest BCUT2D eigenvalue weighted by atomic mass is 10.1. The molecule has 1 saturated heterocycles. The van der Waals surface area contributed by atoms with Crippen molar-refractivity contribution in [1.82, 2.24) is 14.6 Å². The number of amides is 1. The minimum absolute atomic E-state index is 0.00797. The van der Waals surface area contributed by atoms with Crippen LogP contribution in [0.25, 0.3) is 0 Å². The van der Waals surface area contributed by atoms with Gasteiger partial charge in [0.15, 0.2) is 11.6 Å². The molecule has 1 N–H and O–H groups in total. The molecule has 46 heavy (non-hydrogen) atoms. The van der Waals surface area contributed by atoms with Gasteiger partial charge in [0.1, 0.15) is 23.7 Å². The fraction of sp³-hybridized carbons (Fsp3) is 0.455. The number of ether oxygens (including phenoxy) is 4. The summed E-state index contributed by atoms with van der Waals surface area (Å²) in [6.07, 6.45) is 5.22. The monoisotopic (exact) mass is 659 g/mol. The Morgan fingerprint density at radius 1 is 1.00 bits per heavy atom. The number of nitrogens with zero attached hydrogens (tertiary/aromatic N) is 2. The fourth-order valence-electron chi connectivity index (χ4n) is 5.07. The van der Waals surface area contributed by atoms with E-state index in [1.807, 2.05) is 4.72 Å². The molecule has 248 valence electrons. The molecule has 0 radical (unpaired) electrons. The molecular formula is C33H39F2N3O7S. The van der Waals surface area contributed by atoms with Crippen molar-refractivity contribution in [2.24, 2.45) is 5.92 Å². The predicted molar refractivity (Wildman–Crippen MR) is 166 cm³/mol. The van der Waals surface area contributed by atoms with Gasteiger partial charge in [-0.15, -0.1) is 0 Å². The average Bonchev–Trinajstić information content (AvgIpc) is 3.89. The number of likely N-dealkylation sites (tertiary alicyclic amines) is 1. The van der Waals surface area contributed by atoms with Crippen LogP contribution in [-0.4, -0.2) is 70.3 Å². The molecule has 2 heterocycles. The van der Waals surface area contributed by atoms with E-state index in [4.69, 9.17) is 18.9 Å². The van der Waals surface area contributed by atoms with E-state index in [-0.39, 0.29) is 11.0 Å². The van der Waals surface area contributed by atoms with Crippen LogP contribution < -0.4 is 18.9 Å². The Kier molecular flexibility index (Phi) is 11.1. The molecule has 1 aromatic heterocycles. The largest absolute Gasteiger partial charge is 0.492 e. The average molecular weight is 660 g/mol. The Balaban J connectivity index is 1.17. The van der Waals surface area contributed by atoms with Gasteiger partial charge in [0.2, 0.25) is 5.82 Å². The number of sulfonamides is 1. The van der Waals surface area contributed by atoms with E-state index in [0.29, 0.717) is 42.7 Å². The molecule has 0 spiro atoms. The van der Waals surface area contributed by atoms with Gasteiger partial charge in [-0.25, -0.2) is 17.5 Å². The first kappa shape index (κ1) is 33.6. The van der Waals surface area contributed by atoms with Gasteiger partial charge in [-0.2, -0.15) is 4.39 Å². The third-order valence-corrected chi connectivity index (χ3v) is 9.36. The normalized spacial score (nSPS) is 16.5. The van der Waals surface area contributed by atoms with Crippen LogP contribution in [0.2, 0.25) is 0 Å². The Morgan fingerprint density at radius 3 is 2.35 bits per heavy atom. The summed E-state index contributed by atoms with van der Waals surface area (Å²) in [5.74, 6) is -3.01. The lowest BCUT2D eigenvalue weighted by Crippen LogP contribution is -2.39. The van der Waals surface area contributed by atoms with Gasteiger partial charge >= 0.3 is 0 Å². The molecule has 1 atom stereocenters. The maximum atomic E-state index is 15.1. The second kappa shape index (κ2) is 15.2. The zero-order valence-electron chi connectivity index (χ0n) is 25.9. The van der Waals surface area contributed by atoms with Gasteiger partial charge in [0, 0.05) is 26.7 Å². The molecular weight excluding hydrogens is 620 g/mol. The fourth-order valence-corrected chi connectivity index (χ4v) is 6.03. The van der Waals surface area contributed by atoms with Crippen molar-refractivity contribution in [3.05, 3.63) is 77.6 Å². The van der Waals surface area contributed by atoms with Crippen LogP contribution in [0.5, 0.6) is 17.2 Å². The van der Waals surface area contributed by atoms with Crippen molar-refractivity contribution < 1.29 is 40.9 Å². The Bertz CT molecular complexity index is 1580. The molecule has 0 bridgehead atoms. The van der Waals surface area contributed by atoms with Crippen LogP contribution >= 0.6 is 0 Å². The number of carbonyl (C=O) groups excluding carboxylic acids is 1. The van der Waals surface area contributed by atoms with Gasteiger partial charge < -0.3 is 23.8 Å². The van der Waals surface area contributed by atoms with Crippen LogP contribution in [0.4, 0.5) is 8.78 Å². The van der Waals surface area contributed by atoms with Crippen molar-refractivity contribution in [1.29, 1.82) is 0 Å². The summed E-state index contributed by atoms with van der Waals surface area (Å²) in [7, 11) is -2.72. The number of hydrogen-bond donors (Lipinski definition) is 1. The maximum absolute atomic E-state index is 15.1. The Morgan fingerprint density at radius 2 is 1.72 bits per heavy atom. The third-order valence-electron chi connectivity index (χ3n) is 8.01. The van der Waals surface area contributed by atoms with Crippen LogP contribution in [0.3, 0.4) is 0 Å². The Labute approximate surface area is 268 Å². The minimum atomic E-state index is -4.39. The molecule has 10 nitrogen and oxygen atoms in total. The van der Waals surface area contributed by atoms with E-state index in [2.05, 4.69) is 9.88 Å². The van der Waals surface area contributed by atoms with Crippen LogP contribution in [0.15, 0.2) is 59.6 Å². The number of pyridine rings is 1. The minimum Gasteiger partial charge on any atom is -0.492 e. The SMILES string of the molecule is CC[C@@H](Oc1ccc(C(=O)NS(=O)(=O)c2ccc(OC3CCN(CCOC)CC3)cc2)c(F)c1F)c1ccc(OCC2CC2)cn1. The molecule has 1 aliphatic carbocycles. The van der Waals surface area contributed by atoms with Crippen LogP contribution in [0, 0.1) is 17.6 Å². The predicted octanol–water partition coefficient (Wildman–Crippen LogP) is 5.29. The van der Waals surface area contributed by atoms with Crippen molar-refractivity contribution in [2.75, 3.05) is 40.0 Å². The number of hydrogen-bond acceptors (Lipinski definition) is 9. The summed E-state index contributed by atoms with van der Waals surface area (Å²) in [4.78, 5) is 19.2. The van der Waals surface area contributed by atoms with Crippen molar-refractivity contribution in [3.8, 4) is 17.2 Å². The molecule has 13 heteroatoms. The molecule has 3 aromatic rings. The van der Waals surface area contributed by atoms with Crippen LogP contribution in [-0.2, 0) is 14.8 Å². The highest BCUT2D eigenvalue weighted by Gasteiger charge is 2.27. The van der Waals surface area contributed by atoms with E-state index < -0.39 is 45.0 Å².